The lowest BCUT2D eigenvalue weighted by molar-refractivity contribution is 0.495. The van der Waals surface area contributed by atoms with Gasteiger partial charge < -0.3 is 5.73 Å². The smallest absolute Gasteiger partial charge is 0.0429 e. The first-order chi connectivity index (χ1) is 8.51. The Morgan fingerprint density at radius 2 is 1.94 bits per heavy atom. The van der Waals surface area contributed by atoms with Gasteiger partial charge in [0.05, 0.1) is 0 Å². The molecule has 0 saturated heterocycles. The van der Waals surface area contributed by atoms with Crippen molar-refractivity contribution in [2.24, 2.45) is 5.73 Å². The van der Waals surface area contributed by atoms with Crippen LogP contribution in [-0.2, 0) is 18.4 Å². The van der Waals surface area contributed by atoms with Gasteiger partial charge in [-0.05, 0) is 46.5 Å². The van der Waals surface area contributed by atoms with Gasteiger partial charge in [0, 0.05) is 26.7 Å². The topological polar surface area (TPSA) is 26.0 Å². The summed E-state index contributed by atoms with van der Waals surface area (Å²) in [7, 11) is 0. The van der Waals surface area contributed by atoms with Crippen LogP contribution in [-0.4, -0.2) is 0 Å². The number of hydrogen-bond donors (Lipinski definition) is 1. The molecule has 0 bridgehead atoms. The maximum atomic E-state index is 6.46. The van der Waals surface area contributed by atoms with Gasteiger partial charge in [-0.25, -0.2) is 0 Å². The first kappa shape index (κ1) is 13.8. The van der Waals surface area contributed by atoms with Crippen LogP contribution >= 0.6 is 27.3 Å². The predicted molar refractivity (Wildman–Crippen MR) is 83.1 cm³/mol. The molecule has 0 spiro atoms. The van der Waals surface area contributed by atoms with Crippen LogP contribution in [0, 0.1) is 0 Å². The van der Waals surface area contributed by atoms with E-state index in [4.69, 9.17) is 5.73 Å². The van der Waals surface area contributed by atoms with Crippen molar-refractivity contribution in [1.29, 1.82) is 0 Å². The van der Waals surface area contributed by atoms with E-state index in [0.717, 1.165) is 17.3 Å². The van der Waals surface area contributed by atoms with E-state index >= 15 is 0 Å². The van der Waals surface area contributed by atoms with Crippen LogP contribution in [0.2, 0.25) is 0 Å². The van der Waals surface area contributed by atoms with E-state index in [2.05, 4.69) is 65.5 Å². The highest BCUT2D eigenvalue weighted by atomic mass is 79.9. The molecule has 96 valence electrons. The Balaban J connectivity index is 2.18. The van der Waals surface area contributed by atoms with Gasteiger partial charge in [0.25, 0.3) is 0 Å². The Morgan fingerprint density at radius 1 is 1.28 bits per heavy atom. The number of benzene rings is 1. The Morgan fingerprint density at radius 3 is 2.44 bits per heavy atom. The van der Waals surface area contributed by atoms with Crippen molar-refractivity contribution in [1.82, 2.24) is 0 Å². The van der Waals surface area contributed by atoms with Gasteiger partial charge in [-0.2, -0.15) is 0 Å². The molecule has 0 radical (unpaired) electrons. The normalized spacial score (nSPS) is 14.4. The van der Waals surface area contributed by atoms with Crippen molar-refractivity contribution < 1.29 is 0 Å². The Labute approximate surface area is 121 Å². The average molecular weight is 324 g/mol. The van der Waals surface area contributed by atoms with E-state index in [1.165, 1.54) is 16.0 Å². The molecule has 2 rings (SSSR count). The number of nitrogens with two attached hydrogens (primary N) is 1. The highest BCUT2D eigenvalue weighted by Gasteiger charge is 2.22. The Bertz CT molecular complexity index is 514. The molecule has 3 heteroatoms. The standard InChI is InChI=1S/C15H18BrNS/c1-3-11-4-6-12(7-5-11)15(2,17)9-14-8-13(16)10-18-14/h4-8,10H,3,9,17H2,1-2H3. The molecule has 1 heterocycles. The first-order valence-electron chi connectivity index (χ1n) is 6.12. The lowest BCUT2D eigenvalue weighted by Gasteiger charge is -2.25. The minimum Gasteiger partial charge on any atom is -0.321 e. The summed E-state index contributed by atoms with van der Waals surface area (Å²) < 4.78 is 1.14. The van der Waals surface area contributed by atoms with E-state index < -0.39 is 0 Å². The Kier molecular flexibility index (Phi) is 4.25. The number of hydrogen-bond acceptors (Lipinski definition) is 2. The SMILES string of the molecule is CCc1ccc(C(C)(N)Cc2cc(Br)cs2)cc1. The fourth-order valence-electron chi connectivity index (χ4n) is 2.03. The van der Waals surface area contributed by atoms with Gasteiger partial charge in [0.1, 0.15) is 0 Å². The molecule has 0 amide bonds. The Hall–Kier alpha value is -0.640. The van der Waals surface area contributed by atoms with Gasteiger partial charge in [-0.15, -0.1) is 11.3 Å². The maximum absolute atomic E-state index is 6.46. The van der Waals surface area contributed by atoms with E-state index in [9.17, 15) is 0 Å². The highest BCUT2D eigenvalue weighted by Crippen LogP contribution is 2.28. The number of aryl methyl sites for hydroxylation is 1. The molecule has 1 nitrogen and oxygen atoms in total. The molecule has 0 fully saturated rings. The van der Waals surface area contributed by atoms with Crippen molar-refractivity contribution in [3.05, 3.63) is 56.2 Å². The van der Waals surface area contributed by atoms with Crippen LogP contribution in [0.3, 0.4) is 0 Å². The summed E-state index contributed by atoms with van der Waals surface area (Å²) in [4.78, 5) is 1.31. The minimum atomic E-state index is -0.309. The summed E-state index contributed by atoms with van der Waals surface area (Å²) in [5.41, 5.74) is 8.71. The summed E-state index contributed by atoms with van der Waals surface area (Å²) in [6.45, 7) is 4.27. The van der Waals surface area contributed by atoms with Crippen molar-refractivity contribution in [2.45, 2.75) is 32.2 Å². The van der Waals surface area contributed by atoms with Crippen molar-refractivity contribution in [3.63, 3.8) is 0 Å². The molecule has 0 aliphatic carbocycles. The van der Waals surface area contributed by atoms with Crippen LogP contribution in [0.25, 0.3) is 0 Å². The van der Waals surface area contributed by atoms with Gasteiger partial charge in [-0.3, -0.25) is 0 Å². The lowest BCUT2D eigenvalue weighted by Crippen LogP contribution is -2.35. The average Bonchev–Trinajstić information content (AvgIpc) is 2.74. The molecule has 2 N–H and O–H groups in total. The molecule has 1 aromatic carbocycles. The fraction of sp³-hybridized carbons (Fsp3) is 0.333. The zero-order valence-electron chi connectivity index (χ0n) is 10.7. The largest absolute Gasteiger partial charge is 0.321 e. The van der Waals surface area contributed by atoms with Gasteiger partial charge in [0.15, 0.2) is 0 Å². The van der Waals surface area contributed by atoms with E-state index in [1.54, 1.807) is 11.3 Å². The quantitative estimate of drug-likeness (QED) is 0.881. The molecular formula is C15H18BrNS. The van der Waals surface area contributed by atoms with Crippen LogP contribution < -0.4 is 5.73 Å². The number of thiophene rings is 1. The molecule has 0 aliphatic heterocycles. The second-order valence-corrected chi connectivity index (χ2v) is 6.79. The molecule has 1 atom stereocenters. The predicted octanol–water partition coefficient (Wildman–Crippen LogP) is 4.49. The van der Waals surface area contributed by atoms with Crippen LogP contribution in [0.5, 0.6) is 0 Å². The van der Waals surface area contributed by atoms with Crippen molar-refractivity contribution in [3.8, 4) is 0 Å². The molecule has 1 aromatic heterocycles. The summed E-state index contributed by atoms with van der Waals surface area (Å²) in [5, 5.41) is 2.10. The van der Waals surface area contributed by atoms with E-state index in [0.29, 0.717) is 0 Å². The molecule has 0 aliphatic rings. The number of rotatable bonds is 4. The summed E-state index contributed by atoms with van der Waals surface area (Å²) in [5.74, 6) is 0. The molecule has 18 heavy (non-hydrogen) atoms. The van der Waals surface area contributed by atoms with Gasteiger partial charge in [0.2, 0.25) is 0 Å². The van der Waals surface area contributed by atoms with E-state index in [1.807, 2.05) is 0 Å². The summed E-state index contributed by atoms with van der Waals surface area (Å²) in [6.07, 6.45) is 1.94. The highest BCUT2D eigenvalue weighted by molar-refractivity contribution is 9.10. The van der Waals surface area contributed by atoms with Gasteiger partial charge >= 0.3 is 0 Å². The third-order valence-electron chi connectivity index (χ3n) is 3.18. The fourth-order valence-corrected chi connectivity index (χ4v) is 3.65. The number of halogens is 1. The second-order valence-electron chi connectivity index (χ2n) is 4.88. The molecular weight excluding hydrogens is 306 g/mol. The maximum Gasteiger partial charge on any atom is 0.0429 e. The zero-order valence-corrected chi connectivity index (χ0v) is 13.1. The van der Waals surface area contributed by atoms with Crippen molar-refractivity contribution in [2.75, 3.05) is 0 Å². The van der Waals surface area contributed by atoms with E-state index in [-0.39, 0.29) is 5.54 Å². The van der Waals surface area contributed by atoms with Gasteiger partial charge in [-0.1, -0.05) is 31.2 Å². The zero-order chi connectivity index (χ0) is 13.2. The third kappa shape index (κ3) is 3.22. The lowest BCUT2D eigenvalue weighted by atomic mass is 9.88. The van der Waals surface area contributed by atoms with Crippen LogP contribution in [0.4, 0.5) is 0 Å². The van der Waals surface area contributed by atoms with Crippen molar-refractivity contribution >= 4 is 27.3 Å². The summed E-state index contributed by atoms with van der Waals surface area (Å²) >= 11 is 5.24. The van der Waals surface area contributed by atoms with Crippen LogP contribution in [0.15, 0.2) is 40.2 Å². The second kappa shape index (κ2) is 5.55. The monoisotopic (exact) mass is 323 g/mol. The minimum absolute atomic E-state index is 0.309. The molecule has 2 aromatic rings. The van der Waals surface area contributed by atoms with Crippen LogP contribution in [0.1, 0.15) is 29.9 Å². The first-order valence-corrected chi connectivity index (χ1v) is 7.80. The molecule has 0 saturated carbocycles. The molecule has 1 unspecified atom stereocenters. The summed E-state index contributed by atoms with van der Waals surface area (Å²) in [6, 6.07) is 10.8. The third-order valence-corrected chi connectivity index (χ3v) is 4.88.